The molecule has 0 radical (unpaired) electrons. The number of carbonyl (C=O) groups excluding carboxylic acids is 1. The Hall–Kier alpha value is -3.00. The van der Waals surface area contributed by atoms with Crippen LogP contribution in [0.5, 0.6) is 0 Å². The molecule has 0 spiro atoms. The number of benzene rings is 1. The molecule has 0 fully saturated rings. The maximum atomic E-state index is 13.3. The minimum atomic E-state index is -1.17. The highest BCUT2D eigenvalue weighted by atomic mass is 19.1. The second-order valence-corrected chi connectivity index (χ2v) is 8.96. The van der Waals surface area contributed by atoms with Crippen LogP contribution in [0.15, 0.2) is 36.8 Å². The summed E-state index contributed by atoms with van der Waals surface area (Å²) < 4.78 is 20.3. The van der Waals surface area contributed by atoms with Crippen molar-refractivity contribution in [1.82, 2.24) is 19.9 Å². The zero-order valence-corrected chi connectivity index (χ0v) is 19.1. The Labute approximate surface area is 187 Å². The average Bonchev–Trinajstić information content (AvgIpc) is 3.14. The van der Waals surface area contributed by atoms with Crippen LogP contribution in [-0.2, 0) is 17.7 Å². The van der Waals surface area contributed by atoms with Gasteiger partial charge in [0.15, 0.2) is 0 Å². The molecule has 0 aliphatic carbocycles. The zero-order chi connectivity index (χ0) is 23.3. The van der Waals surface area contributed by atoms with Gasteiger partial charge in [-0.15, -0.1) is 0 Å². The van der Waals surface area contributed by atoms with Crippen LogP contribution in [0, 0.1) is 6.92 Å². The van der Waals surface area contributed by atoms with Gasteiger partial charge >= 0.3 is 6.09 Å². The Kier molecular flexibility index (Phi) is 7.45. The van der Waals surface area contributed by atoms with Gasteiger partial charge in [0, 0.05) is 18.3 Å². The Bertz CT molecular complexity index is 1070. The molecular formula is C24H31FN4O3. The van der Waals surface area contributed by atoms with Crippen molar-refractivity contribution >= 4 is 11.6 Å². The number of alkyl carbamates (subject to hydrolysis) is 1. The van der Waals surface area contributed by atoms with Crippen LogP contribution in [-0.4, -0.2) is 44.2 Å². The Balaban J connectivity index is 1.74. The highest BCUT2D eigenvalue weighted by Gasteiger charge is 2.16. The van der Waals surface area contributed by atoms with E-state index in [1.54, 1.807) is 4.52 Å². The summed E-state index contributed by atoms with van der Waals surface area (Å²) in [6, 6.07) is 8.01. The molecule has 0 aliphatic rings. The van der Waals surface area contributed by atoms with Gasteiger partial charge in [-0.3, -0.25) is 0 Å². The highest BCUT2D eigenvalue weighted by Crippen LogP contribution is 2.26. The van der Waals surface area contributed by atoms with Crippen LogP contribution in [0.1, 0.15) is 50.3 Å². The number of aryl methyl sites for hydroxylation is 2. The molecule has 1 amide bonds. The molecule has 1 atom stereocenters. The zero-order valence-electron chi connectivity index (χ0n) is 19.1. The lowest BCUT2D eigenvalue weighted by Gasteiger charge is -2.20. The third-order valence-corrected chi connectivity index (χ3v) is 5.08. The number of alkyl halides is 1. The first kappa shape index (κ1) is 23.7. The lowest BCUT2D eigenvalue weighted by Crippen LogP contribution is -2.32. The van der Waals surface area contributed by atoms with Crippen LogP contribution in [0.3, 0.4) is 0 Å². The molecule has 0 saturated carbocycles. The number of fused-ring (bicyclic) bond motifs is 1. The van der Waals surface area contributed by atoms with Gasteiger partial charge in [-0.25, -0.2) is 18.7 Å². The summed E-state index contributed by atoms with van der Waals surface area (Å²) in [5.74, 6) is 0. The minimum absolute atomic E-state index is 0.333. The Morgan fingerprint density at radius 1 is 1.31 bits per heavy atom. The number of carbonyl (C=O) groups is 1. The first-order chi connectivity index (χ1) is 15.2. The van der Waals surface area contributed by atoms with Crippen molar-refractivity contribution in [2.45, 2.75) is 65.3 Å². The monoisotopic (exact) mass is 442 g/mol. The van der Waals surface area contributed by atoms with E-state index in [0.717, 1.165) is 33.5 Å². The lowest BCUT2D eigenvalue weighted by molar-refractivity contribution is 0.0523. The number of aliphatic hydroxyl groups is 1. The van der Waals surface area contributed by atoms with Gasteiger partial charge in [-0.1, -0.05) is 12.1 Å². The fourth-order valence-corrected chi connectivity index (χ4v) is 3.48. The fourth-order valence-electron chi connectivity index (χ4n) is 3.48. The summed E-state index contributed by atoms with van der Waals surface area (Å²) in [6.07, 6.45) is 3.52. The summed E-state index contributed by atoms with van der Waals surface area (Å²) >= 11 is 0. The van der Waals surface area contributed by atoms with Crippen LogP contribution in [0.25, 0.3) is 16.8 Å². The van der Waals surface area contributed by atoms with E-state index in [4.69, 9.17) is 9.84 Å². The van der Waals surface area contributed by atoms with Crippen molar-refractivity contribution in [2.24, 2.45) is 0 Å². The van der Waals surface area contributed by atoms with E-state index in [-0.39, 0.29) is 0 Å². The van der Waals surface area contributed by atoms with Gasteiger partial charge in [0.2, 0.25) is 0 Å². The van der Waals surface area contributed by atoms with Crippen molar-refractivity contribution in [1.29, 1.82) is 0 Å². The summed E-state index contributed by atoms with van der Waals surface area (Å²) in [4.78, 5) is 16.4. The molecule has 0 saturated heterocycles. The van der Waals surface area contributed by atoms with Gasteiger partial charge in [0.1, 0.15) is 18.1 Å². The number of amides is 1. The molecule has 0 bridgehead atoms. The van der Waals surface area contributed by atoms with E-state index in [0.29, 0.717) is 25.8 Å². The molecule has 1 unspecified atom stereocenters. The van der Waals surface area contributed by atoms with Gasteiger partial charge < -0.3 is 15.2 Å². The van der Waals surface area contributed by atoms with E-state index in [1.165, 1.54) is 6.33 Å². The molecule has 2 aromatic heterocycles. The van der Waals surface area contributed by atoms with Crippen LogP contribution < -0.4 is 5.32 Å². The molecule has 7 nitrogen and oxygen atoms in total. The maximum absolute atomic E-state index is 13.3. The van der Waals surface area contributed by atoms with Crippen molar-refractivity contribution in [2.75, 3.05) is 6.61 Å². The van der Waals surface area contributed by atoms with Crippen molar-refractivity contribution < 1.29 is 19.0 Å². The molecule has 2 N–H and O–H groups in total. The normalized spacial score (nSPS) is 12.7. The maximum Gasteiger partial charge on any atom is 0.407 e. The first-order valence-electron chi connectivity index (χ1n) is 10.8. The van der Waals surface area contributed by atoms with Gasteiger partial charge in [-0.2, -0.15) is 5.10 Å². The van der Waals surface area contributed by atoms with E-state index in [9.17, 15) is 9.18 Å². The van der Waals surface area contributed by atoms with E-state index >= 15 is 0 Å². The van der Waals surface area contributed by atoms with Crippen LogP contribution in [0.2, 0.25) is 0 Å². The smallest absolute Gasteiger partial charge is 0.407 e. The van der Waals surface area contributed by atoms with Crippen molar-refractivity contribution in [3.8, 4) is 11.3 Å². The third kappa shape index (κ3) is 6.26. The summed E-state index contributed by atoms with van der Waals surface area (Å²) in [5.41, 5.74) is 5.16. The van der Waals surface area contributed by atoms with Gasteiger partial charge in [0.25, 0.3) is 0 Å². The second-order valence-electron chi connectivity index (χ2n) is 8.96. The van der Waals surface area contributed by atoms with Crippen molar-refractivity contribution in [3.05, 3.63) is 53.5 Å². The van der Waals surface area contributed by atoms with Gasteiger partial charge in [0.05, 0.1) is 17.8 Å². The Morgan fingerprint density at radius 3 is 2.78 bits per heavy atom. The Morgan fingerprint density at radius 2 is 2.09 bits per heavy atom. The molecule has 8 heteroatoms. The number of nitrogens with zero attached hydrogens (tertiary/aromatic N) is 3. The number of rotatable bonds is 8. The van der Waals surface area contributed by atoms with Gasteiger partial charge in [-0.05, 0) is 75.8 Å². The standard InChI is InChI=1S/C24H31FN4O3/c1-16-10-18(8-9-19(16)12-26-23(31)32-24(2,3)4)22-21-11-17(6-5-7-20(25)14-30)13-29(21)28-15-27-22/h8-11,13,15,20,30H,5-7,12,14H2,1-4H3,(H,26,31). The van der Waals surface area contributed by atoms with Crippen LogP contribution >= 0.6 is 0 Å². The summed E-state index contributed by atoms with van der Waals surface area (Å²) in [6.45, 7) is 7.42. The largest absolute Gasteiger partial charge is 0.444 e. The highest BCUT2D eigenvalue weighted by molar-refractivity contribution is 5.77. The van der Waals surface area contributed by atoms with Crippen molar-refractivity contribution in [3.63, 3.8) is 0 Å². The van der Waals surface area contributed by atoms with E-state index in [1.807, 2.05) is 58.2 Å². The second kappa shape index (κ2) is 10.1. The fraction of sp³-hybridized carbons (Fsp3) is 0.458. The number of aliphatic hydroxyl groups excluding tert-OH is 1. The third-order valence-electron chi connectivity index (χ3n) is 5.08. The molecule has 0 aliphatic heterocycles. The summed E-state index contributed by atoms with van der Waals surface area (Å²) in [7, 11) is 0. The number of aromatic nitrogens is 3. The summed E-state index contributed by atoms with van der Waals surface area (Å²) in [5, 5.41) is 15.9. The lowest BCUT2D eigenvalue weighted by atomic mass is 10.0. The quantitative estimate of drug-likeness (QED) is 0.540. The molecule has 3 rings (SSSR count). The molecule has 3 aromatic rings. The number of halogens is 1. The number of hydrogen-bond acceptors (Lipinski definition) is 5. The minimum Gasteiger partial charge on any atom is -0.444 e. The number of nitrogens with one attached hydrogen (secondary N) is 1. The van der Waals surface area contributed by atoms with E-state index in [2.05, 4.69) is 15.4 Å². The first-order valence-corrected chi connectivity index (χ1v) is 10.8. The van der Waals surface area contributed by atoms with E-state index < -0.39 is 24.5 Å². The molecular weight excluding hydrogens is 411 g/mol. The van der Waals surface area contributed by atoms with Crippen LogP contribution in [0.4, 0.5) is 9.18 Å². The average molecular weight is 443 g/mol. The topological polar surface area (TPSA) is 88.8 Å². The molecule has 1 aromatic carbocycles. The SMILES string of the molecule is Cc1cc(-c2ncnn3cc(CCCC(F)CO)cc23)ccc1CNC(=O)OC(C)(C)C. The molecule has 172 valence electrons. The number of hydrogen-bond donors (Lipinski definition) is 2. The number of ether oxygens (including phenoxy) is 1. The molecule has 32 heavy (non-hydrogen) atoms. The molecule has 2 heterocycles. The predicted octanol–water partition coefficient (Wildman–Crippen LogP) is 4.38. The predicted molar refractivity (Wildman–Crippen MR) is 121 cm³/mol.